The highest BCUT2D eigenvalue weighted by Gasteiger charge is 2.14. The molecule has 0 saturated heterocycles. The molecule has 0 amide bonds. The molecule has 0 unspecified atom stereocenters. The van der Waals surface area contributed by atoms with Gasteiger partial charge in [-0.15, -0.1) is 0 Å². The van der Waals surface area contributed by atoms with Gasteiger partial charge in [0.05, 0.1) is 5.52 Å². The first-order chi connectivity index (χ1) is 11.2. The van der Waals surface area contributed by atoms with Crippen molar-refractivity contribution in [2.24, 2.45) is 0 Å². The summed E-state index contributed by atoms with van der Waals surface area (Å²) < 4.78 is 10.7. The lowest BCUT2D eigenvalue weighted by molar-refractivity contribution is 0.174. The van der Waals surface area contributed by atoms with Crippen LogP contribution in [-0.4, -0.2) is 30.9 Å². The summed E-state index contributed by atoms with van der Waals surface area (Å²) in [6.07, 6.45) is 0. The number of nitrogens with zero attached hydrogens (tertiary/aromatic N) is 3. The largest absolute Gasteiger partial charge is 0.454 e. The quantitative estimate of drug-likeness (QED) is 0.802. The smallest absolute Gasteiger partial charge is 0.231 e. The number of hydrogen-bond donors (Lipinski definition) is 1. The van der Waals surface area contributed by atoms with Crippen molar-refractivity contribution >= 4 is 28.4 Å². The summed E-state index contributed by atoms with van der Waals surface area (Å²) in [4.78, 5) is 11.2. The van der Waals surface area contributed by atoms with Gasteiger partial charge in [0.25, 0.3) is 0 Å². The molecule has 2 aromatic carbocycles. The highest BCUT2D eigenvalue weighted by molar-refractivity contribution is 5.90. The first-order valence-electron chi connectivity index (χ1n) is 7.31. The Morgan fingerprint density at radius 2 is 1.83 bits per heavy atom. The van der Waals surface area contributed by atoms with Gasteiger partial charge >= 0.3 is 0 Å². The minimum atomic E-state index is 0.260. The zero-order chi connectivity index (χ0) is 15.8. The molecule has 4 rings (SSSR count). The highest BCUT2D eigenvalue weighted by atomic mass is 16.7. The van der Waals surface area contributed by atoms with Crippen LogP contribution in [0.3, 0.4) is 0 Å². The third-order valence-electron chi connectivity index (χ3n) is 3.64. The standard InChI is InChI=1S/C17H16N4O2/c1-21(2)16-12-5-3-4-6-13(12)19-17(20-16)18-11-7-8-14-15(9-11)23-10-22-14/h3-9H,10H2,1-2H3,(H,18,19,20). The number of fused-ring (bicyclic) bond motifs is 2. The van der Waals surface area contributed by atoms with Crippen LogP contribution in [-0.2, 0) is 0 Å². The number of aromatic nitrogens is 2. The van der Waals surface area contributed by atoms with Crippen molar-refractivity contribution in [3.8, 4) is 11.5 Å². The van der Waals surface area contributed by atoms with Crippen LogP contribution in [0, 0.1) is 0 Å². The van der Waals surface area contributed by atoms with Crippen LogP contribution in [0.5, 0.6) is 11.5 Å². The normalized spacial score (nSPS) is 12.4. The molecule has 6 nitrogen and oxygen atoms in total. The lowest BCUT2D eigenvalue weighted by atomic mass is 10.2. The molecule has 2 heterocycles. The third-order valence-corrected chi connectivity index (χ3v) is 3.64. The predicted molar refractivity (Wildman–Crippen MR) is 89.7 cm³/mol. The summed E-state index contributed by atoms with van der Waals surface area (Å²) in [5.74, 6) is 2.90. The molecule has 1 aliphatic rings. The topological polar surface area (TPSA) is 59.5 Å². The van der Waals surface area contributed by atoms with Crippen LogP contribution in [0.1, 0.15) is 0 Å². The monoisotopic (exact) mass is 308 g/mol. The second kappa shape index (κ2) is 5.31. The van der Waals surface area contributed by atoms with Gasteiger partial charge in [0.2, 0.25) is 12.7 Å². The SMILES string of the molecule is CN(C)c1nc(Nc2ccc3c(c2)OCO3)nc2ccccc12. The van der Waals surface area contributed by atoms with Gasteiger partial charge in [-0.05, 0) is 24.3 Å². The van der Waals surface area contributed by atoms with Gasteiger partial charge in [-0.1, -0.05) is 12.1 Å². The molecule has 3 aromatic rings. The van der Waals surface area contributed by atoms with E-state index in [1.807, 2.05) is 61.5 Å². The molecule has 116 valence electrons. The van der Waals surface area contributed by atoms with Crippen molar-refractivity contribution in [3.63, 3.8) is 0 Å². The summed E-state index contributed by atoms with van der Waals surface area (Å²) in [7, 11) is 3.94. The Labute approximate surface area is 133 Å². The molecular weight excluding hydrogens is 292 g/mol. The first-order valence-corrected chi connectivity index (χ1v) is 7.31. The van der Waals surface area contributed by atoms with Crippen LogP contribution in [0.4, 0.5) is 17.5 Å². The molecular formula is C17H16N4O2. The van der Waals surface area contributed by atoms with Crippen molar-refractivity contribution in [2.75, 3.05) is 31.1 Å². The van der Waals surface area contributed by atoms with Gasteiger partial charge in [0, 0.05) is 31.2 Å². The maximum atomic E-state index is 5.40. The van der Waals surface area contributed by atoms with Gasteiger partial charge < -0.3 is 19.7 Å². The Morgan fingerprint density at radius 1 is 1.00 bits per heavy atom. The molecule has 1 aliphatic heterocycles. The second-order valence-corrected chi connectivity index (χ2v) is 5.48. The number of rotatable bonds is 3. The average molecular weight is 308 g/mol. The zero-order valence-corrected chi connectivity index (χ0v) is 12.9. The van der Waals surface area contributed by atoms with E-state index in [0.717, 1.165) is 33.9 Å². The maximum Gasteiger partial charge on any atom is 0.231 e. The molecule has 0 spiro atoms. The fourth-order valence-electron chi connectivity index (χ4n) is 2.56. The van der Waals surface area contributed by atoms with Gasteiger partial charge in [-0.2, -0.15) is 4.98 Å². The van der Waals surface area contributed by atoms with Crippen molar-refractivity contribution in [1.29, 1.82) is 0 Å². The Morgan fingerprint density at radius 3 is 2.70 bits per heavy atom. The Balaban J connectivity index is 1.74. The van der Waals surface area contributed by atoms with E-state index < -0.39 is 0 Å². The predicted octanol–water partition coefficient (Wildman–Crippen LogP) is 3.17. The number of anilines is 3. The molecule has 6 heteroatoms. The van der Waals surface area contributed by atoms with Crippen molar-refractivity contribution < 1.29 is 9.47 Å². The van der Waals surface area contributed by atoms with Crippen molar-refractivity contribution in [3.05, 3.63) is 42.5 Å². The van der Waals surface area contributed by atoms with E-state index in [4.69, 9.17) is 9.47 Å². The molecule has 1 aromatic heterocycles. The fourth-order valence-corrected chi connectivity index (χ4v) is 2.56. The summed E-state index contributed by atoms with van der Waals surface area (Å²) in [5.41, 5.74) is 1.75. The van der Waals surface area contributed by atoms with E-state index in [1.165, 1.54) is 0 Å². The molecule has 0 fully saturated rings. The molecule has 0 bridgehead atoms. The van der Waals surface area contributed by atoms with Gasteiger partial charge in [0.15, 0.2) is 11.5 Å². The van der Waals surface area contributed by atoms with Crippen LogP contribution >= 0.6 is 0 Å². The Bertz CT molecular complexity index is 880. The lowest BCUT2D eigenvalue weighted by Gasteiger charge is -2.16. The third kappa shape index (κ3) is 2.48. The summed E-state index contributed by atoms with van der Waals surface area (Å²) in [6.45, 7) is 0.260. The van der Waals surface area contributed by atoms with Crippen molar-refractivity contribution in [2.45, 2.75) is 0 Å². The fraction of sp³-hybridized carbons (Fsp3) is 0.176. The molecule has 23 heavy (non-hydrogen) atoms. The van der Waals surface area contributed by atoms with Gasteiger partial charge in [0.1, 0.15) is 5.82 Å². The van der Waals surface area contributed by atoms with Crippen LogP contribution < -0.4 is 19.7 Å². The zero-order valence-electron chi connectivity index (χ0n) is 12.9. The van der Waals surface area contributed by atoms with Crippen LogP contribution in [0.25, 0.3) is 10.9 Å². The second-order valence-electron chi connectivity index (χ2n) is 5.48. The lowest BCUT2D eigenvalue weighted by Crippen LogP contribution is -2.13. The van der Waals surface area contributed by atoms with Crippen LogP contribution in [0.2, 0.25) is 0 Å². The molecule has 1 N–H and O–H groups in total. The minimum absolute atomic E-state index is 0.260. The Hall–Kier alpha value is -3.02. The molecule has 0 aliphatic carbocycles. The van der Waals surface area contributed by atoms with E-state index in [2.05, 4.69) is 15.3 Å². The summed E-state index contributed by atoms with van der Waals surface area (Å²) in [6, 6.07) is 13.6. The van der Waals surface area contributed by atoms with Crippen LogP contribution in [0.15, 0.2) is 42.5 Å². The van der Waals surface area contributed by atoms with Crippen molar-refractivity contribution in [1.82, 2.24) is 9.97 Å². The maximum absolute atomic E-state index is 5.40. The number of ether oxygens (including phenoxy) is 2. The summed E-state index contributed by atoms with van der Waals surface area (Å²) in [5, 5.41) is 4.26. The first kappa shape index (κ1) is 13.6. The molecule has 0 saturated carbocycles. The van der Waals surface area contributed by atoms with Gasteiger partial charge in [-0.25, -0.2) is 4.98 Å². The average Bonchev–Trinajstić information content (AvgIpc) is 3.01. The molecule has 0 radical (unpaired) electrons. The highest BCUT2D eigenvalue weighted by Crippen LogP contribution is 2.35. The number of para-hydroxylation sites is 1. The van der Waals surface area contributed by atoms with Gasteiger partial charge in [-0.3, -0.25) is 0 Å². The number of nitrogens with one attached hydrogen (secondary N) is 1. The number of benzene rings is 2. The van der Waals surface area contributed by atoms with E-state index in [1.54, 1.807) is 0 Å². The molecule has 0 atom stereocenters. The number of hydrogen-bond acceptors (Lipinski definition) is 6. The minimum Gasteiger partial charge on any atom is -0.454 e. The van der Waals surface area contributed by atoms with E-state index in [9.17, 15) is 0 Å². The van der Waals surface area contributed by atoms with E-state index >= 15 is 0 Å². The van der Waals surface area contributed by atoms with E-state index in [0.29, 0.717) is 5.95 Å². The summed E-state index contributed by atoms with van der Waals surface area (Å²) >= 11 is 0. The van der Waals surface area contributed by atoms with E-state index in [-0.39, 0.29) is 6.79 Å². The Kier molecular flexibility index (Phi) is 3.15.